The lowest BCUT2D eigenvalue weighted by atomic mass is 9.99. The summed E-state index contributed by atoms with van der Waals surface area (Å²) in [4.78, 5) is 16.5. The molecule has 4 aromatic rings. The van der Waals surface area contributed by atoms with E-state index in [0.717, 1.165) is 33.4 Å². The van der Waals surface area contributed by atoms with Gasteiger partial charge in [0.15, 0.2) is 0 Å². The van der Waals surface area contributed by atoms with Gasteiger partial charge in [-0.15, -0.1) is 0 Å². The van der Waals surface area contributed by atoms with E-state index in [2.05, 4.69) is 22.4 Å². The van der Waals surface area contributed by atoms with Crippen molar-refractivity contribution >= 4 is 28.0 Å². The Hall–Kier alpha value is -3.38. The Labute approximate surface area is 179 Å². The van der Waals surface area contributed by atoms with Gasteiger partial charge in [0, 0.05) is 30.1 Å². The second-order valence-electron chi connectivity index (χ2n) is 6.79. The van der Waals surface area contributed by atoms with Gasteiger partial charge >= 0.3 is 0 Å². The van der Waals surface area contributed by atoms with Crippen LogP contribution in [0.25, 0.3) is 10.8 Å². The smallest absolute Gasteiger partial charge is 0.278 e. The Balaban J connectivity index is 1.33. The number of amides is 1. The summed E-state index contributed by atoms with van der Waals surface area (Å²) in [5.41, 5.74) is 2.08. The second kappa shape index (κ2) is 9.41. The molecule has 152 valence electrons. The van der Waals surface area contributed by atoms with E-state index < -0.39 is 0 Å². The normalized spacial score (nSPS) is 10.7. The van der Waals surface area contributed by atoms with Gasteiger partial charge in [-0.1, -0.05) is 53.8 Å². The van der Waals surface area contributed by atoms with Crippen LogP contribution in [-0.4, -0.2) is 18.0 Å². The summed E-state index contributed by atoms with van der Waals surface area (Å²) in [6.45, 7) is 0.475. The fourth-order valence-corrected chi connectivity index (χ4v) is 3.83. The van der Waals surface area contributed by atoms with Gasteiger partial charge in [0.1, 0.15) is 11.5 Å². The van der Waals surface area contributed by atoms with Crippen molar-refractivity contribution in [1.29, 1.82) is 0 Å². The fraction of sp³-hybridized carbons (Fsp3) is 0.167. The number of carbonyl (C=O) groups is 1. The van der Waals surface area contributed by atoms with Crippen molar-refractivity contribution in [1.82, 2.24) is 10.3 Å². The maximum Gasteiger partial charge on any atom is 0.278 e. The van der Waals surface area contributed by atoms with Crippen molar-refractivity contribution in [3.8, 4) is 16.7 Å². The fourth-order valence-electron chi connectivity index (χ4n) is 3.33. The van der Waals surface area contributed by atoms with E-state index >= 15 is 0 Å². The van der Waals surface area contributed by atoms with Crippen LogP contribution >= 0.6 is 11.3 Å². The van der Waals surface area contributed by atoms with Crippen LogP contribution < -0.4 is 14.8 Å². The minimum absolute atomic E-state index is 0.00750. The van der Waals surface area contributed by atoms with Crippen molar-refractivity contribution in [2.75, 3.05) is 7.11 Å². The van der Waals surface area contributed by atoms with Crippen molar-refractivity contribution in [2.24, 2.45) is 0 Å². The van der Waals surface area contributed by atoms with Gasteiger partial charge in [0.25, 0.3) is 5.19 Å². The number of benzene rings is 3. The lowest BCUT2D eigenvalue weighted by molar-refractivity contribution is -0.121. The molecule has 0 bridgehead atoms. The molecule has 1 aromatic heterocycles. The molecule has 0 atom stereocenters. The molecule has 4 rings (SSSR count). The predicted molar refractivity (Wildman–Crippen MR) is 119 cm³/mol. The summed E-state index contributed by atoms with van der Waals surface area (Å²) in [5.74, 6) is 1.55. The van der Waals surface area contributed by atoms with Crippen LogP contribution in [0.2, 0.25) is 0 Å². The lowest BCUT2D eigenvalue weighted by Crippen LogP contribution is -2.23. The van der Waals surface area contributed by atoms with Gasteiger partial charge < -0.3 is 14.8 Å². The largest absolute Gasteiger partial charge is 0.496 e. The van der Waals surface area contributed by atoms with Gasteiger partial charge in [-0.25, -0.2) is 4.98 Å². The van der Waals surface area contributed by atoms with E-state index in [4.69, 9.17) is 9.47 Å². The molecular formula is C24H22N2O3S. The number of ether oxygens (including phenoxy) is 2. The van der Waals surface area contributed by atoms with Crippen LogP contribution in [0.15, 0.2) is 72.2 Å². The van der Waals surface area contributed by atoms with Gasteiger partial charge in [-0.2, -0.15) is 0 Å². The number of aryl methyl sites for hydroxylation is 1. The van der Waals surface area contributed by atoms with Crippen molar-refractivity contribution < 1.29 is 14.3 Å². The molecule has 0 aliphatic rings. The lowest BCUT2D eigenvalue weighted by Gasteiger charge is -2.12. The SMILES string of the molecule is COc1ccc2ccccc2c1CCC(=O)NCc1ccc(Oc2nccs2)cc1. The number of aromatic nitrogens is 1. The molecule has 6 heteroatoms. The zero-order chi connectivity index (χ0) is 20.8. The van der Waals surface area contributed by atoms with E-state index in [1.54, 1.807) is 13.3 Å². The number of fused-ring (bicyclic) bond motifs is 1. The minimum Gasteiger partial charge on any atom is -0.496 e. The molecular weight excluding hydrogens is 396 g/mol. The standard InChI is InChI=1S/C24H22N2O3S/c1-28-22-12-8-18-4-2-3-5-20(18)21(22)11-13-23(27)26-16-17-6-9-19(10-7-17)29-24-25-14-15-30-24/h2-10,12,14-15H,11,13,16H2,1H3,(H,26,27). The number of thiazole rings is 1. The molecule has 3 aromatic carbocycles. The monoisotopic (exact) mass is 418 g/mol. The Bertz CT molecular complexity index is 1130. The average Bonchev–Trinajstić information content (AvgIpc) is 3.30. The Morgan fingerprint density at radius 1 is 1.07 bits per heavy atom. The first-order valence-electron chi connectivity index (χ1n) is 9.70. The molecule has 1 amide bonds. The summed E-state index contributed by atoms with van der Waals surface area (Å²) < 4.78 is 11.2. The topological polar surface area (TPSA) is 60.5 Å². The van der Waals surface area contributed by atoms with Crippen LogP contribution in [-0.2, 0) is 17.8 Å². The van der Waals surface area contributed by atoms with Gasteiger partial charge in [-0.05, 0) is 41.0 Å². The highest BCUT2D eigenvalue weighted by Gasteiger charge is 2.11. The molecule has 0 aliphatic heterocycles. The van der Waals surface area contributed by atoms with Crippen molar-refractivity contribution in [3.05, 3.63) is 83.4 Å². The van der Waals surface area contributed by atoms with Crippen LogP contribution in [0.4, 0.5) is 0 Å². The zero-order valence-electron chi connectivity index (χ0n) is 16.6. The van der Waals surface area contributed by atoms with Gasteiger partial charge in [0.05, 0.1) is 7.11 Å². The maximum atomic E-state index is 12.4. The maximum absolute atomic E-state index is 12.4. The number of nitrogens with one attached hydrogen (secondary N) is 1. The molecule has 0 radical (unpaired) electrons. The third kappa shape index (κ3) is 4.78. The minimum atomic E-state index is 0.00750. The van der Waals surface area contributed by atoms with Crippen molar-refractivity contribution in [2.45, 2.75) is 19.4 Å². The third-order valence-electron chi connectivity index (χ3n) is 4.85. The second-order valence-corrected chi connectivity index (χ2v) is 7.65. The molecule has 0 saturated heterocycles. The van der Waals surface area contributed by atoms with Gasteiger partial charge in [-0.3, -0.25) is 4.79 Å². The van der Waals surface area contributed by atoms with E-state index in [1.807, 2.05) is 53.9 Å². The molecule has 5 nitrogen and oxygen atoms in total. The third-order valence-corrected chi connectivity index (χ3v) is 5.50. The first kappa shape index (κ1) is 19.9. The quantitative estimate of drug-likeness (QED) is 0.419. The number of rotatable bonds is 8. The van der Waals surface area contributed by atoms with E-state index in [9.17, 15) is 4.79 Å². The number of hydrogen-bond donors (Lipinski definition) is 1. The highest BCUT2D eigenvalue weighted by Crippen LogP contribution is 2.29. The molecule has 0 fully saturated rings. The number of methoxy groups -OCH3 is 1. The number of nitrogens with zero attached hydrogens (tertiary/aromatic N) is 1. The Morgan fingerprint density at radius 3 is 2.67 bits per heavy atom. The Kier molecular flexibility index (Phi) is 6.25. The van der Waals surface area contributed by atoms with Crippen LogP contribution in [0, 0.1) is 0 Å². The van der Waals surface area contributed by atoms with Crippen LogP contribution in [0.3, 0.4) is 0 Å². The molecule has 1 heterocycles. The number of carbonyl (C=O) groups excluding carboxylic acids is 1. The van der Waals surface area contributed by atoms with Crippen LogP contribution in [0.5, 0.6) is 16.7 Å². The summed E-state index contributed by atoms with van der Waals surface area (Å²) >= 11 is 1.44. The summed E-state index contributed by atoms with van der Waals surface area (Å²) in [6, 6.07) is 19.8. The summed E-state index contributed by atoms with van der Waals surface area (Å²) in [5, 5.41) is 7.74. The van der Waals surface area contributed by atoms with E-state index in [0.29, 0.717) is 24.6 Å². The molecule has 0 saturated carbocycles. The zero-order valence-corrected chi connectivity index (χ0v) is 17.4. The first-order valence-corrected chi connectivity index (χ1v) is 10.6. The van der Waals surface area contributed by atoms with Crippen molar-refractivity contribution in [3.63, 3.8) is 0 Å². The van der Waals surface area contributed by atoms with Gasteiger partial charge in [0.2, 0.25) is 5.91 Å². The van der Waals surface area contributed by atoms with E-state index in [-0.39, 0.29) is 5.91 Å². The number of hydrogen-bond acceptors (Lipinski definition) is 5. The summed E-state index contributed by atoms with van der Waals surface area (Å²) in [7, 11) is 1.66. The molecule has 0 unspecified atom stereocenters. The molecule has 0 aliphatic carbocycles. The molecule has 1 N–H and O–H groups in total. The molecule has 30 heavy (non-hydrogen) atoms. The van der Waals surface area contributed by atoms with E-state index in [1.165, 1.54) is 11.3 Å². The predicted octanol–water partition coefficient (Wildman–Crippen LogP) is 5.35. The van der Waals surface area contributed by atoms with Crippen LogP contribution in [0.1, 0.15) is 17.5 Å². The Morgan fingerprint density at radius 2 is 1.90 bits per heavy atom. The average molecular weight is 419 g/mol. The highest BCUT2D eigenvalue weighted by atomic mass is 32.1. The highest BCUT2D eigenvalue weighted by molar-refractivity contribution is 7.11. The molecule has 0 spiro atoms. The summed E-state index contributed by atoms with van der Waals surface area (Å²) in [6.07, 6.45) is 2.73. The first-order chi connectivity index (χ1) is 14.7.